The van der Waals surface area contributed by atoms with Crippen LogP contribution in [0, 0.1) is 11.8 Å². The Bertz CT molecular complexity index is 393. The molecule has 0 amide bonds. The minimum Gasteiger partial charge on any atom is -0.324 e. The summed E-state index contributed by atoms with van der Waals surface area (Å²) in [7, 11) is 0. The molecule has 1 atom stereocenters. The van der Waals surface area contributed by atoms with E-state index in [1.165, 1.54) is 12.8 Å². The molecule has 2 nitrogen and oxygen atoms in total. The molecule has 19 heavy (non-hydrogen) atoms. The van der Waals surface area contributed by atoms with Crippen LogP contribution in [-0.4, -0.2) is 5.78 Å². The van der Waals surface area contributed by atoms with Crippen molar-refractivity contribution in [1.29, 1.82) is 0 Å². The van der Waals surface area contributed by atoms with Crippen molar-refractivity contribution in [2.75, 3.05) is 0 Å². The molecule has 0 bridgehead atoms. The normalized spacial score (nSPS) is 24.9. The summed E-state index contributed by atoms with van der Waals surface area (Å²) in [5.74, 6) is 1.54. The van der Waals surface area contributed by atoms with E-state index in [9.17, 15) is 4.79 Å². The van der Waals surface area contributed by atoms with Crippen molar-refractivity contribution in [2.45, 2.75) is 51.5 Å². The van der Waals surface area contributed by atoms with Gasteiger partial charge in [-0.05, 0) is 30.7 Å². The van der Waals surface area contributed by atoms with Gasteiger partial charge in [0, 0.05) is 18.4 Å². The lowest BCUT2D eigenvalue weighted by molar-refractivity contribution is -0.124. The summed E-state index contributed by atoms with van der Waals surface area (Å²) in [5, 5.41) is 0. The number of carbonyl (C=O) groups excluding carboxylic acids is 1. The first-order chi connectivity index (χ1) is 9.16. The Morgan fingerprint density at radius 3 is 2.47 bits per heavy atom. The predicted octanol–water partition coefficient (Wildman–Crippen LogP) is 3.86. The molecule has 0 spiro atoms. The van der Waals surface area contributed by atoms with Crippen LogP contribution in [0.1, 0.15) is 57.1 Å². The summed E-state index contributed by atoms with van der Waals surface area (Å²) < 4.78 is 0. The summed E-state index contributed by atoms with van der Waals surface area (Å²) in [6.45, 7) is 2.28. The molecule has 1 fully saturated rings. The Hall–Kier alpha value is -1.15. The number of ketones is 1. The molecule has 1 aromatic rings. The van der Waals surface area contributed by atoms with E-state index in [0.717, 1.165) is 30.7 Å². The van der Waals surface area contributed by atoms with Gasteiger partial charge in [0.1, 0.15) is 5.78 Å². The quantitative estimate of drug-likeness (QED) is 0.872. The Morgan fingerprint density at radius 2 is 1.84 bits per heavy atom. The van der Waals surface area contributed by atoms with Crippen molar-refractivity contribution in [3.8, 4) is 0 Å². The van der Waals surface area contributed by atoms with E-state index in [1.54, 1.807) is 0 Å². The van der Waals surface area contributed by atoms with Gasteiger partial charge in [0.15, 0.2) is 0 Å². The van der Waals surface area contributed by atoms with Crippen LogP contribution in [0.15, 0.2) is 30.3 Å². The van der Waals surface area contributed by atoms with Gasteiger partial charge in [-0.25, -0.2) is 0 Å². The standard InChI is InChI=1S/C17H25NO/c1-13-7-9-15(10-8-13)17(19)12-11-16(18)14-5-3-2-4-6-14/h2-6,13,15-16H,7-12,18H2,1H3. The second-order valence-electron chi connectivity index (χ2n) is 5.98. The number of hydrogen-bond donors (Lipinski definition) is 1. The summed E-state index contributed by atoms with van der Waals surface area (Å²) >= 11 is 0. The third-order valence-electron chi connectivity index (χ3n) is 4.40. The van der Waals surface area contributed by atoms with Crippen LogP contribution in [0.4, 0.5) is 0 Å². The fraction of sp³-hybridized carbons (Fsp3) is 0.588. The van der Waals surface area contributed by atoms with Gasteiger partial charge in [-0.1, -0.05) is 50.1 Å². The average molecular weight is 259 g/mol. The van der Waals surface area contributed by atoms with Gasteiger partial charge in [0.2, 0.25) is 0 Å². The summed E-state index contributed by atoms with van der Waals surface area (Å²) in [6.07, 6.45) is 5.99. The Balaban J connectivity index is 1.77. The lowest BCUT2D eigenvalue weighted by Gasteiger charge is -2.25. The highest BCUT2D eigenvalue weighted by molar-refractivity contribution is 5.81. The van der Waals surface area contributed by atoms with E-state index in [0.29, 0.717) is 18.1 Å². The first-order valence-electron chi connectivity index (χ1n) is 7.50. The van der Waals surface area contributed by atoms with Crippen LogP contribution < -0.4 is 5.73 Å². The van der Waals surface area contributed by atoms with Gasteiger partial charge < -0.3 is 5.73 Å². The van der Waals surface area contributed by atoms with Gasteiger partial charge in [0.05, 0.1) is 0 Å². The molecule has 1 unspecified atom stereocenters. The van der Waals surface area contributed by atoms with Gasteiger partial charge >= 0.3 is 0 Å². The highest BCUT2D eigenvalue weighted by atomic mass is 16.1. The Kier molecular flexibility index (Phi) is 5.15. The third-order valence-corrected chi connectivity index (χ3v) is 4.40. The molecule has 0 heterocycles. The number of benzene rings is 1. The molecule has 2 heteroatoms. The molecular weight excluding hydrogens is 234 g/mol. The van der Waals surface area contributed by atoms with E-state index in [4.69, 9.17) is 5.73 Å². The fourth-order valence-corrected chi connectivity index (χ4v) is 2.95. The zero-order chi connectivity index (χ0) is 13.7. The number of Topliss-reactive ketones (excluding diaryl/α,β-unsaturated/α-hetero) is 1. The number of hydrogen-bond acceptors (Lipinski definition) is 2. The summed E-state index contributed by atoms with van der Waals surface area (Å²) in [4.78, 5) is 12.2. The smallest absolute Gasteiger partial charge is 0.136 e. The van der Waals surface area contributed by atoms with Gasteiger partial charge in [-0.3, -0.25) is 4.79 Å². The fourth-order valence-electron chi connectivity index (χ4n) is 2.95. The van der Waals surface area contributed by atoms with Crippen molar-refractivity contribution >= 4 is 5.78 Å². The monoisotopic (exact) mass is 259 g/mol. The lowest BCUT2D eigenvalue weighted by Crippen LogP contribution is -2.22. The van der Waals surface area contributed by atoms with E-state index in [1.807, 2.05) is 30.3 Å². The Labute approximate surface area is 116 Å². The zero-order valence-electron chi connectivity index (χ0n) is 11.8. The molecule has 0 aliphatic heterocycles. The van der Waals surface area contributed by atoms with E-state index in [2.05, 4.69) is 6.92 Å². The predicted molar refractivity (Wildman–Crippen MR) is 78.7 cm³/mol. The van der Waals surface area contributed by atoms with Crippen LogP contribution in [0.2, 0.25) is 0 Å². The molecule has 1 aromatic carbocycles. The van der Waals surface area contributed by atoms with E-state index >= 15 is 0 Å². The maximum Gasteiger partial charge on any atom is 0.136 e. The number of nitrogens with two attached hydrogens (primary N) is 1. The molecule has 0 saturated heterocycles. The van der Waals surface area contributed by atoms with E-state index < -0.39 is 0 Å². The number of rotatable bonds is 5. The van der Waals surface area contributed by atoms with Crippen molar-refractivity contribution in [3.63, 3.8) is 0 Å². The van der Waals surface area contributed by atoms with Gasteiger partial charge in [-0.2, -0.15) is 0 Å². The van der Waals surface area contributed by atoms with Crippen molar-refractivity contribution in [3.05, 3.63) is 35.9 Å². The second kappa shape index (κ2) is 6.85. The molecule has 104 valence electrons. The van der Waals surface area contributed by atoms with Gasteiger partial charge in [0.25, 0.3) is 0 Å². The van der Waals surface area contributed by atoms with Gasteiger partial charge in [-0.15, -0.1) is 0 Å². The largest absolute Gasteiger partial charge is 0.324 e. The maximum absolute atomic E-state index is 12.2. The highest BCUT2D eigenvalue weighted by Gasteiger charge is 2.24. The Morgan fingerprint density at radius 1 is 1.21 bits per heavy atom. The van der Waals surface area contributed by atoms with Crippen LogP contribution in [0.5, 0.6) is 0 Å². The molecule has 0 aromatic heterocycles. The zero-order valence-corrected chi connectivity index (χ0v) is 11.8. The average Bonchev–Trinajstić information content (AvgIpc) is 2.46. The van der Waals surface area contributed by atoms with Crippen molar-refractivity contribution in [1.82, 2.24) is 0 Å². The molecule has 0 radical (unpaired) electrons. The van der Waals surface area contributed by atoms with E-state index in [-0.39, 0.29) is 6.04 Å². The van der Waals surface area contributed by atoms with Crippen LogP contribution >= 0.6 is 0 Å². The topological polar surface area (TPSA) is 43.1 Å². The van der Waals surface area contributed by atoms with Crippen LogP contribution in [0.3, 0.4) is 0 Å². The molecular formula is C17H25NO. The highest BCUT2D eigenvalue weighted by Crippen LogP contribution is 2.30. The summed E-state index contributed by atoms with van der Waals surface area (Å²) in [6, 6.07) is 10.1. The SMILES string of the molecule is CC1CCC(C(=O)CCC(N)c2ccccc2)CC1. The minimum absolute atomic E-state index is 0.00679. The van der Waals surface area contributed by atoms with Crippen molar-refractivity contribution in [2.24, 2.45) is 17.6 Å². The lowest BCUT2D eigenvalue weighted by atomic mass is 9.79. The van der Waals surface area contributed by atoms with Crippen LogP contribution in [-0.2, 0) is 4.79 Å². The summed E-state index contributed by atoms with van der Waals surface area (Å²) in [5.41, 5.74) is 7.27. The first kappa shape index (κ1) is 14.3. The minimum atomic E-state index is -0.00679. The maximum atomic E-state index is 12.2. The second-order valence-corrected chi connectivity index (χ2v) is 5.98. The van der Waals surface area contributed by atoms with Crippen LogP contribution in [0.25, 0.3) is 0 Å². The molecule has 1 saturated carbocycles. The first-order valence-corrected chi connectivity index (χ1v) is 7.50. The van der Waals surface area contributed by atoms with Crippen molar-refractivity contribution < 1.29 is 4.79 Å². The molecule has 1 aliphatic rings. The number of carbonyl (C=O) groups is 1. The molecule has 2 N–H and O–H groups in total. The molecule has 2 rings (SSSR count). The molecule has 1 aliphatic carbocycles. The third kappa shape index (κ3) is 4.17.